The lowest BCUT2D eigenvalue weighted by atomic mass is 10.1. The van der Waals surface area contributed by atoms with Crippen molar-refractivity contribution in [3.8, 4) is 0 Å². The molecule has 0 bridgehead atoms. The number of rotatable bonds is 5. The highest BCUT2D eigenvalue weighted by Gasteiger charge is 2.17. The van der Waals surface area contributed by atoms with Crippen molar-refractivity contribution in [2.24, 2.45) is 5.73 Å². The molecule has 138 valence electrons. The first-order valence-corrected chi connectivity index (χ1v) is 8.76. The van der Waals surface area contributed by atoms with E-state index in [1.165, 1.54) is 35.6 Å². The van der Waals surface area contributed by atoms with Crippen LogP contribution in [-0.4, -0.2) is 16.8 Å². The monoisotopic (exact) mass is 387 g/mol. The number of aromatic nitrogens is 1. The Morgan fingerprint density at radius 3 is 2.52 bits per heavy atom. The molecule has 2 aromatic carbocycles. The van der Waals surface area contributed by atoms with Crippen LogP contribution in [0.3, 0.4) is 0 Å². The van der Waals surface area contributed by atoms with Crippen LogP contribution in [0.2, 0.25) is 0 Å². The van der Waals surface area contributed by atoms with Crippen LogP contribution in [0.1, 0.15) is 36.3 Å². The molecule has 0 saturated heterocycles. The van der Waals surface area contributed by atoms with Crippen LogP contribution in [0.15, 0.2) is 42.5 Å². The number of thiazole rings is 1. The summed E-state index contributed by atoms with van der Waals surface area (Å²) in [6.07, 6.45) is 0.474. The van der Waals surface area contributed by atoms with Crippen molar-refractivity contribution < 1.29 is 18.4 Å². The molecule has 0 aliphatic carbocycles. The van der Waals surface area contributed by atoms with Gasteiger partial charge in [0.2, 0.25) is 0 Å². The van der Waals surface area contributed by atoms with Crippen LogP contribution in [0, 0.1) is 18.6 Å². The number of carbonyl (C=O) groups excluding carboxylic acids is 2. The summed E-state index contributed by atoms with van der Waals surface area (Å²) in [6, 6.07) is 9.66. The summed E-state index contributed by atoms with van der Waals surface area (Å²) >= 11 is 1.22. The molecule has 0 unspecified atom stereocenters. The average molecular weight is 387 g/mol. The van der Waals surface area contributed by atoms with E-state index in [-0.39, 0.29) is 17.1 Å². The van der Waals surface area contributed by atoms with Gasteiger partial charge in [-0.25, -0.2) is 13.8 Å². The third-order valence-electron chi connectivity index (χ3n) is 3.81. The molecule has 3 aromatic rings. The Morgan fingerprint density at radius 1 is 1.15 bits per heavy atom. The predicted octanol–water partition coefficient (Wildman–Crippen LogP) is 3.67. The van der Waals surface area contributed by atoms with Crippen molar-refractivity contribution in [3.63, 3.8) is 0 Å². The Bertz CT molecular complexity index is 1020. The highest BCUT2D eigenvalue weighted by Crippen LogP contribution is 2.23. The Hall–Kier alpha value is -3.13. The van der Waals surface area contributed by atoms with Gasteiger partial charge in [-0.05, 0) is 42.8 Å². The third kappa shape index (κ3) is 4.35. The molecule has 0 radical (unpaired) electrons. The maximum absolute atomic E-state index is 13.5. The SMILES string of the molecule is Cc1nc(Cc2ccc(F)cc2)sc1C(=O)Nc1ccc(F)c(C(N)=O)c1. The fourth-order valence-electron chi connectivity index (χ4n) is 2.50. The zero-order chi connectivity index (χ0) is 19.6. The minimum atomic E-state index is -0.917. The number of halogens is 2. The van der Waals surface area contributed by atoms with E-state index in [1.54, 1.807) is 19.1 Å². The molecule has 1 aromatic heterocycles. The second-order valence-corrected chi connectivity index (χ2v) is 6.92. The molecule has 0 saturated carbocycles. The Kier molecular flexibility index (Phi) is 5.27. The summed E-state index contributed by atoms with van der Waals surface area (Å²) in [6.45, 7) is 1.71. The number of hydrogen-bond donors (Lipinski definition) is 2. The highest BCUT2D eigenvalue weighted by molar-refractivity contribution is 7.14. The summed E-state index contributed by atoms with van der Waals surface area (Å²) in [4.78, 5) is 28.5. The molecule has 3 rings (SSSR count). The molecule has 0 aliphatic heterocycles. The number of nitrogens with two attached hydrogens (primary N) is 1. The first kappa shape index (κ1) is 18.7. The van der Waals surface area contributed by atoms with Gasteiger partial charge in [-0.2, -0.15) is 0 Å². The molecule has 1 heterocycles. The van der Waals surface area contributed by atoms with E-state index in [9.17, 15) is 18.4 Å². The number of anilines is 1. The summed E-state index contributed by atoms with van der Waals surface area (Å²) in [5.41, 5.74) is 6.49. The van der Waals surface area contributed by atoms with Crippen molar-refractivity contribution in [2.45, 2.75) is 13.3 Å². The number of hydrogen-bond acceptors (Lipinski definition) is 4. The highest BCUT2D eigenvalue weighted by atomic mass is 32.1. The van der Waals surface area contributed by atoms with E-state index in [1.807, 2.05) is 0 Å². The number of primary amides is 1. The lowest BCUT2D eigenvalue weighted by Gasteiger charge is -2.06. The van der Waals surface area contributed by atoms with Gasteiger partial charge in [0, 0.05) is 12.1 Å². The van der Waals surface area contributed by atoms with E-state index < -0.39 is 17.6 Å². The maximum Gasteiger partial charge on any atom is 0.267 e. The van der Waals surface area contributed by atoms with Gasteiger partial charge < -0.3 is 11.1 Å². The molecule has 0 fully saturated rings. The van der Waals surface area contributed by atoms with Crippen LogP contribution < -0.4 is 11.1 Å². The molecule has 0 spiro atoms. The minimum Gasteiger partial charge on any atom is -0.366 e. The van der Waals surface area contributed by atoms with Crippen molar-refractivity contribution >= 4 is 28.8 Å². The van der Waals surface area contributed by atoms with Gasteiger partial charge >= 0.3 is 0 Å². The second kappa shape index (κ2) is 7.63. The first-order valence-electron chi connectivity index (χ1n) is 7.95. The molecule has 0 atom stereocenters. The fraction of sp³-hybridized carbons (Fsp3) is 0.105. The zero-order valence-corrected chi connectivity index (χ0v) is 15.1. The lowest BCUT2D eigenvalue weighted by molar-refractivity contribution is 0.0993. The zero-order valence-electron chi connectivity index (χ0n) is 14.3. The normalized spacial score (nSPS) is 10.6. The van der Waals surface area contributed by atoms with Crippen molar-refractivity contribution in [3.05, 3.63) is 80.8 Å². The van der Waals surface area contributed by atoms with Gasteiger partial charge in [0.05, 0.1) is 16.3 Å². The van der Waals surface area contributed by atoms with Gasteiger partial charge in [0.25, 0.3) is 11.8 Å². The number of aryl methyl sites for hydroxylation is 1. The molecule has 2 amide bonds. The number of amides is 2. The Morgan fingerprint density at radius 2 is 1.85 bits per heavy atom. The van der Waals surface area contributed by atoms with Gasteiger partial charge in [-0.1, -0.05) is 12.1 Å². The number of benzene rings is 2. The van der Waals surface area contributed by atoms with Gasteiger partial charge in [0.1, 0.15) is 16.5 Å². The van der Waals surface area contributed by atoms with E-state index in [4.69, 9.17) is 5.73 Å². The van der Waals surface area contributed by atoms with Crippen LogP contribution in [0.4, 0.5) is 14.5 Å². The van der Waals surface area contributed by atoms with Crippen molar-refractivity contribution in [1.29, 1.82) is 0 Å². The molecule has 8 heteroatoms. The smallest absolute Gasteiger partial charge is 0.267 e. The molecular weight excluding hydrogens is 372 g/mol. The van der Waals surface area contributed by atoms with Crippen LogP contribution in [0.25, 0.3) is 0 Å². The van der Waals surface area contributed by atoms with Crippen molar-refractivity contribution in [2.75, 3.05) is 5.32 Å². The topological polar surface area (TPSA) is 85.1 Å². The van der Waals surface area contributed by atoms with Crippen LogP contribution in [-0.2, 0) is 6.42 Å². The van der Waals surface area contributed by atoms with Crippen molar-refractivity contribution in [1.82, 2.24) is 4.98 Å². The molecular formula is C19H15F2N3O2S. The molecule has 0 aliphatic rings. The van der Waals surface area contributed by atoms with E-state index in [2.05, 4.69) is 10.3 Å². The first-order chi connectivity index (χ1) is 12.8. The summed E-state index contributed by atoms with van der Waals surface area (Å²) < 4.78 is 26.5. The molecule has 27 heavy (non-hydrogen) atoms. The quantitative estimate of drug-likeness (QED) is 0.700. The standard InChI is InChI=1S/C19H15F2N3O2S/c1-10-17(27-16(23-10)8-11-2-4-12(20)5-3-11)19(26)24-13-6-7-15(21)14(9-13)18(22)25/h2-7,9H,8H2,1H3,(H2,22,25)(H,24,26). The predicted molar refractivity (Wildman–Crippen MR) is 98.9 cm³/mol. The average Bonchev–Trinajstić information content (AvgIpc) is 2.99. The number of nitrogens with zero attached hydrogens (tertiary/aromatic N) is 1. The summed E-state index contributed by atoms with van der Waals surface area (Å²) in [5.74, 6) is -2.41. The van der Waals surface area contributed by atoms with E-state index in [0.717, 1.165) is 11.6 Å². The second-order valence-electron chi connectivity index (χ2n) is 5.84. The van der Waals surface area contributed by atoms with Crippen LogP contribution >= 0.6 is 11.3 Å². The van der Waals surface area contributed by atoms with Gasteiger partial charge in [-0.15, -0.1) is 11.3 Å². The Labute approximate surface area is 157 Å². The molecule has 3 N–H and O–H groups in total. The third-order valence-corrected chi connectivity index (χ3v) is 4.96. The summed E-state index contributed by atoms with van der Waals surface area (Å²) in [5, 5.41) is 3.32. The molecule has 5 nitrogen and oxygen atoms in total. The number of carbonyl (C=O) groups is 2. The Balaban J connectivity index is 1.77. The number of nitrogens with one attached hydrogen (secondary N) is 1. The lowest BCUT2D eigenvalue weighted by Crippen LogP contribution is -2.15. The van der Waals surface area contributed by atoms with Gasteiger partial charge in [-0.3, -0.25) is 9.59 Å². The maximum atomic E-state index is 13.5. The summed E-state index contributed by atoms with van der Waals surface area (Å²) in [7, 11) is 0. The van der Waals surface area contributed by atoms with Gasteiger partial charge in [0.15, 0.2) is 0 Å². The minimum absolute atomic E-state index is 0.253. The van der Waals surface area contributed by atoms with E-state index >= 15 is 0 Å². The van der Waals surface area contributed by atoms with Crippen LogP contribution in [0.5, 0.6) is 0 Å². The van der Waals surface area contributed by atoms with E-state index in [0.29, 0.717) is 22.0 Å². The largest absolute Gasteiger partial charge is 0.366 e. The fourth-order valence-corrected chi connectivity index (χ4v) is 3.49.